The average molecular weight is 371 g/mol. The molecule has 1 aromatic carbocycles. The quantitative estimate of drug-likeness (QED) is 0.274. The Morgan fingerprint density at radius 2 is 1.81 bits per heavy atom. The molecule has 0 unspecified atom stereocenters. The van der Waals surface area contributed by atoms with E-state index in [1.165, 1.54) is 22.3 Å². The van der Waals surface area contributed by atoms with Gasteiger partial charge in [0, 0.05) is 6.54 Å². The molecule has 0 aliphatic rings. The Bertz CT molecular complexity index is 580. The Labute approximate surface area is 169 Å². The molecule has 0 radical (unpaired) electrons. The Morgan fingerprint density at radius 3 is 2.26 bits per heavy atom. The fraction of sp³-hybridized carbons (Fsp3) is 0.480. The summed E-state index contributed by atoms with van der Waals surface area (Å²) in [4.78, 5) is 3.95. The molecule has 27 heavy (non-hydrogen) atoms. The summed E-state index contributed by atoms with van der Waals surface area (Å²) >= 11 is 0. The van der Waals surface area contributed by atoms with Crippen LogP contribution in [0, 0.1) is 6.92 Å². The second-order valence-electron chi connectivity index (χ2n) is 5.92. The van der Waals surface area contributed by atoms with Crippen molar-refractivity contribution in [2.45, 2.75) is 67.2 Å². The molecule has 1 N–H and O–H groups in total. The zero-order chi connectivity index (χ0) is 21.1. The van der Waals surface area contributed by atoms with Crippen LogP contribution in [0.15, 0.2) is 59.1 Å². The molecular weight excluding hydrogens is 328 g/mol. The summed E-state index contributed by atoms with van der Waals surface area (Å²) in [5.41, 5.74) is 6.22. The minimum Gasteiger partial charge on any atom is -0.316 e. The lowest BCUT2D eigenvalue weighted by molar-refractivity contribution is 0.870. The van der Waals surface area contributed by atoms with Crippen molar-refractivity contribution in [1.82, 2.24) is 5.32 Å². The van der Waals surface area contributed by atoms with Gasteiger partial charge in [0.15, 0.2) is 0 Å². The first kappa shape index (κ1) is 27.3. The average Bonchev–Trinajstić information content (AvgIpc) is 2.71. The molecule has 1 rings (SSSR count). The standard InChI is InChI=1S/C13H23N.C10H13N.C2H6/c1-5-7-8-9-10-13(11-14-4)12(3)6-2;1-4-9-8(2)6-5-7-10(9)11-3;1-2/h7-8,10,14H,3,5-6,9,11H2,1-2,4H3;5-7H,3-4H2,1-2H3;1-2H3/b8-7-,13-10-;;. The van der Waals surface area contributed by atoms with Crippen molar-refractivity contribution in [3.63, 3.8) is 0 Å². The van der Waals surface area contributed by atoms with Gasteiger partial charge in [0.05, 0.1) is 5.69 Å². The number of nitrogens with one attached hydrogen (secondary N) is 1. The molecule has 0 aliphatic heterocycles. The van der Waals surface area contributed by atoms with Gasteiger partial charge >= 0.3 is 0 Å². The third-order valence-electron chi connectivity index (χ3n) is 4.06. The molecule has 0 heterocycles. The molecule has 152 valence electrons. The second kappa shape index (κ2) is 18.8. The summed E-state index contributed by atoms with van der Waals surface area (Å²) in [5.74, 6) is 0. The Morgan fingerprint density at radius 1 is 1.15 bits per heavy atom. The molecule has 0 aliphatic carbocycles. The minimum atomic E-state index is 0.923. The van der Waals surface area contributed by atoms with E-state index in [2.05, 4.69) is 75.6 Å². The predicted octanol–water partition coefficient (Wildman–Crippen LogP) is 7.37. The lowest BCUT2D eigenvalue weighted by Gasteiger charge is -2.07. The molecule has 0 fully saturated rings. The maximum Gasteiger partial charge on any atom is 0.0656 e. The van der Waals surface area contributed by atoms with Crippen LogP contribution in [0.4, 0.5) is 5.69 Å². The van der Waals surface area contributed by atoms with E-state index >= 15 is 0 Å². The maximum atomic E-state index is 4.06. The van der Waals surface area contributed by atoms with E-state index in [9.17, 15) is 0 Å². The zero-order valence-electron chi connectivity index (χ0n) is 18.9. The molecule has 1 aromatic rings. The number of nitrogens with zero attached hydrogens (tertiary/aromatic N) is 1. The number of hydrogen-bond acceptors (Lipinski definition) is 2. The fourth-order valence-electron chi connectivity index (χ4n) is 2.53. The summed E-state index contributed by atoms with van der Waals surface area (Å²) in [7, 11) is 1.97. The van der Waals surface area contributed by atoms with Gasteiger partial charge in [0.25, 0.3) is 0 Å². The predicted molar refractivity (Wildman–Crippen MR) is 127 cm³/mol. The second-order valence-corrected chi connectivity index (χ2v) is 5.92. The smallest absolute Gasteiger partial charge is 0.0656 e. The Kier molecular flexibility index (Phi) is 19.1. The van der Waals surface area contributed by atoms with Gasteiger partial charge in [-0.3, -0.25) is 4.99 Å². The first-order chi connectivity index (χ1) is 13.0. The normalized spacial score (nSPS) is 10.6. The third-order valence-corrected chi connectivity index (χ3v) is 4.06. The van der Waals surface area contributed by atoms with Gasteiger partial charge in [-0.05, 0) is 69.1 Å². The van der Waals surface area contributed by atoms with Crippen molar-refractivity contribution in [1.29, 1.82) is 0 Å². The van der Waals surface area contributed by atoms with Crippen LogP contribution in [-0.4, -0.2) is 20.3 Å². The molecule has 0 saturated heterocycles. The van der Waals surface area contributed by atoms with Crippen molar-refractivity contribution in [3.05, 3.63) is 65.3 Å². The number of likely N-dealkylation sites (N-methyl/N-ethyl adjacent to an activating group) is 1. The van der Waals surface area contributed by atoms with Gasteiger partial charge in [0.2, 0.25) is 0 Å². The lowest BCUT2D eigenvalue weighted by atomic mass is 10.0. The summed E-state index contributed by atoms with van der Waals surface area (Å²) in [6.45, 7) is 21.1. The van der Waals surface area contributed by atoms with E-state index in [4.69, 9.17) is 0 Å². The van der Waals surface area contributed by atoms with Gasteiger partial charge < -0.3 is 5.32 Å². The molecule has 2 heteroatoms. The van der Waals surface area contributed by atoms with E-state index in [0.717, 1.165) is 37.9 Å². The summed E-state index contributed by atoms with van der Waals surface area (Å²) in [6.07, 6.45) is 10.9. The van der Waals surface area contributed by atoms with Gasteiger partial charge in [-0.1, -0.05) is 77.1 Å². The van der Waals surface area contributed by atoms with E-state index in [1.54, 1.807) is 0 Å². The molecule has 0 atom stereocenters. The van der Waals surface area contributed by atoms with E-state index in [0.29, 0.717) is 0 Å². The highest BCUT2D eigenvalue weighted by Crippen LogP contribution is 2.21. The van der Waals surface area contributed by atoms with Crippen LogP contribution in [0.1, 0.15) is 65.0 Å². The van der Waals surface area contributed by atoms with Gasteiger partial charge in [-0.15, -0.1) is 0 Å². The lowest BCUT2D eigenvalue weighted by Crippen LogP contribution is -2.11. The van der Waals surface area contributed by atoms with Crippen LogP contribution in [0.3, 0.4) is 0 Å². The van der Waals surface area contributed by atoms with Crippen molar-refractivity contribution in [2.24, 2.45) is 4.99 Å². The highest BCUT2D eigenvalue weighted by molar-refractivity contribution is 5.54. The van der Waals surface area contributed by atoms with Crippen LogP contribution < -0.4 is 5.32 Å². The monoisotopic (exact) mass is 370 g/mol. The maximum absolute atomic E-state index is 4.06. The number of rotatable bonds is 9. The molecular formula is C25H42N2. The number of aliphatic imine (C=N–C) groups is 1. The Balaban J connectivity index is 0. The van der Waals surface area contributed by atoms with E-state index in [-0.39, 0.29) is 0 Å². The zero-order valence-corrected chi connectivity index (χ0v) is 18.9. The van der Waals surface area contributed by atoms with Crippen molar-refractivity contribution in [3.8, 4) is 0 Å². The summed E-state index contributed by atoms with van der Waals surface area (Å²) < 4.78 is 0. The third kappa shape index (κ3) is 12.1. The van der Waals surface area contributed by atoms with Crippen LogP contribution >= 0.6 is 0 Å². The number of benzene rings is 1. The molecule has 0 saturated carbocycles. The van der Waals surface area contributed by atoms with Crippen LogP contribution in [0.25, 0.3) is 0 Å². The molecule has 0 amide bonds. The minimum absolute atomic E-state index is 0.923. The van der Waals surface area contributed by atoms with Crippen molar-refractivity contribution in [2.75, 3.05) is 13.6 Å². The topological polar surface area (TPSA) is 24.4 Å². The largest absolute Gasteiger partial charge is 0.316 e. The SMILES string of the molecule is C=C(CC)/C(=C\C/C=C\CC)CNC.C=Nc1cccc(C)c1CC.CC. The van der Waals surface area contributed by atoms with Crippen LogP contribution in [0.2, 0.25) is 0 Å². The van der Waals surface area contributed by atoms with Crippen LogP contribution in [0.5, 0.6) is 0 Å². The van der Waals surface area contributed by atoms with Crippen molar-refractivity contribution >= 4 is 12.4 Å². The number of hydrogen-bond donors (Lipinski definition) is 1. The highest BCUT2D eigenvalue weighted by Gasteiger charge is 1.99. The molecule has 2 nitrogen and oxygen atoms in total. The summed E-state index contributed by atoms with van der Waals surface area (Å²) in [6, 6.07) is 6.12. The molecule has 0 spiro atoms. The van der Waals surface area contributed by atoms with E-state index in [1.807, 2.05) is 33.0 Å². The first-order valence-electron chi connectivity index (χ1n) is 10.3. The molecule has 0 aromatic heterocycles. The van der Waals surface area contributed by atoms with Gasteiger partial charge in [0.1, 0.15) is 0 Å². The fourth-order valence-corrected chi connectivity index (χ4v) is 2.53. The van der Waals surface area contributed by atoms with Crippen LogP contribution in [-0.2, 0) is 6.42 Å². The first-order valence-corrected chi connectivity index (χ1v) is 10.3. The highest BCUT2D eigenvalue weighted by atomic mass is 14.8. The Hall–Kier alpha value is -1.93. The van der Waals surface area contributed by atoms with Gasteiger partial charge in [-0.2, -0.15) is 0 Å². The summed E-state index contributed by atoms with van der Waals surface area (Å²) in [5, 5.41) is 3.17. The van der Waals surface area contributed by atoms with Gasteiger partial charge in [-0.25, -0.2) is 0 Å². The van der Waals surface area contributed by atoms with Crippen molar-refractivity contribution < 1.29 is 0 Å². The molecule has 0 bridgehead atoms. The van der Waals surface area contributed by atoms with E-state index < -0.39 is 0 Å². The number of allylic oxidation sites excluding steroid dienone is 3. The number of aryl methyl sites for hydroxylation is 1.